The topological polar surface area (TPSA) is 24.4 Å². The van der Waals surface area contributed by atoms with Gasteiger partial charge in [0.15, 0.2) is 0 Å². The van der Waals surface area contributed by atoms with Crippen molar-refractivity contribution in [2.75, 3.05) is 11.1 Å². The van der Waals surface area contributed by atoms with Crippen molar-refractivity contribution in [2.24, 2.45) is 4.99 Å². The average molecular weight is 204 g/mol. The molecule has 0 saturated heterocycles. The molecule has 72 valence electrons. The summed E-state index contributed by atoms with van der Waals surface area (Å²) < 4.78 is 0. The number of aliphatic imine (C=N–C) groups is 1. The third-order valence-corrected chi connectivity index (χ3v) is 3.01. The second-order valence-corrected chi connectivity index (χ2v) is 4.13. The lowest BCUT2D eigenvalue weighted by atomic mass is 10.1. The maximum absolute atomic E-state index is 4.17. The molecule has 0 fully saturated rings. The van der Waals surface area contributed by atoms with E-state index in [2.05, 4.69) is 35.1 Å². The summed E-state index contributed by atoms with van der Waals surface area (Å²) in [6.45, 7) is 4.49. The van der Waals surface area contributed by atoms with Gasteiger partial charge in [0, 0.05) is 16.3 Å². The second kappa shape index (κ2) is 4.33. The number of thioether (sulfide) groups is 1. The lowest BCUT2D eigenvalue weighted by molar-refractivity contribution is 1.05. The first kappa shape index (κ1) is 9.34. The lowest BCUT2D eigenvalue weighted by Crippen LogP contribution is -2.04. The van der Waals surface area contributed by atoms with Gasteiger partial charge in [-0.05, 0) is 23.8 Å². The highest BCUT2D eigenvalue weighted by molar-refractivity contribution is 7.99. The average Bonchev–Trinajstić information content (AvgIpc) is 2.26. The third-order valence-electron chi connectivity index (χ3n) is 2.02. The molecule has 3 heteroatoms. The molecule has 0 aliphatic carbocycles. The number of nitrogens with zero attached hydrogens (tertiary/aromatic N) is 1. The van der Waals surface area contributed by atoms with Crippen LogP contribution in [0, 0.1) is 0 Å². The zero-order chi connectivity index (χ0) is 9.80. The molecule has 0 radical (unpaired) electrons. The van der Waals surface area contributed by atoms with Crippen LogP contribution in [0.15, 0.2) is 40.7 Å². The van der Waals surface area contributed by atoms with E-state index in [-0.39, 0.29) is 0 Å². The Morgan fingerprint density at radius 2 is 2.50 bits per heavy atom. The summed E-state index contributed by atoms with van der Waals surface area (Å²) in [6, 6.07) is 6.41. The quantitative estimate of drug-likeness (QED) is 0.604. The lowest BCUT2D eigenvalue weighted by Gasteiger charge is -2.12. The highest BCUT2D eigenvalue weighted by atomic mass is 32.2. The number of nitrogens with one attached hydrogen (secondary N) is 1. The van der Waals surface area contributed by atoms with E-state index in [1.54, 1.807) is 18.1 Å². The van der Waals surface area contributed by atoms with Crippen LogP contribution in [0.3, 0.4) is 0 Å². The van der Waals surface area contributed by atoms with Crippen molar-refractivity contribution < 1.29 is 0 Å². The smallest absolute Gasteiger partial charge is 0.0872 e. The highest BCUT2D eigenvalue weighted by Crippen LogP contribution is 2.26. The highest BCUT2D eigenvalue weighted by Gasteiger charge is 2.05. The molecule has 0 unspecified atom stereocenters. The zero-order valence-electron chi connectivity index (χ0n) is 7.86. The summed E-state index contributed by atoms with van der Waals surface area (Å²) in [5.41, 5.74) is 2.43. The molecule has 1 aromatic carbocycles. The fourth-order valence-corrected chi connectivity index (χ4v) is 2.05. The van der Waals surface area contributed by atoms with Gasteiger partial charge in [-0.2, -0.15) is 0 Å². The Balaban J connectivity index is 2.18. The predicted molar refractivity (Wildman–Crippen MR) is 63.2 cm³/mol. The Morgan fingerprint density at radius 3 is 3.36 bits per heavy atom. The first-order valence-corrected chi connectivity index (χ1v) is 5.50. The van der Waals surface area contributed by atoms with Crippen LogP contribution in [0.2, 0.25) is 0 Å². The van der Waals surface area contributed by atoms with Gasteiger partial charge < -0.3 is 5.32 Å². The molecule has 1 aromatic rings. The van der Waals surface area contributed by atoms with Gasteiger partial charge in [0.2, 0.25) is 0 Å². The SMILES string of the molecule is C=CCSc1ccc2c(c1)CN=CN2. The molecule has 2 nitrogen and oxygen atoms in total. The van der Waals surface area contributed by atoms with Crippen LogP contribution in [0.1, 0.15) is 5.56 Å². The Bertz CT molecular complexity index is 372. The van der Waals surface area contributed by atoms with Crippen molar-refractivity contribution in [1.82, 2.24) is 0 Å². The van der Waals surface area contributed by atoms with Gasteiger partial charge in [0.05, 0.1) is 12.9 Å². The van der Waals surface area contributed by atoms with Crippen LogP contribution >= 0.6 is 11.8 Å². The summed E-state index contributed by atoms with van der Waals surface area (Å²) in [5, 5.41) is 3.12. The van der Waals surface area contributed by atoms with E-state index in [0.29, 0.717) is 0 Å². The largest absolute Gasteiger partial charge is 0.346 e. The summed E-state index contributed by atoms with van der Waals surface area (Å²) in [5.74, 6) is 0.954. The Kier molecular flexibility index (Phi) is 2.89. The number of hydrogen-bond acceptors (Lipinski definition) is 3. The molecular weight excluding hydrogens is 192 g/mol. The summed E-state index contributed by atoms with van der Waals surface area (Å²) in [4.78, 5) is 5.45. The van der Waals surface area contributed by atoms with Gasteiger partial charge in [-0.25, -0.2) is 0 Å². The fraction of sp³-hybridized carbons (Fsp3) is 0.182. The van der Waals surface area contributed by atoms with Crippen LogP contribution in [0.5, 0.6) is 0 Å². The van der Waals surface area contributed by atoms with Gasteiger partial charge in [0.25, 0.3) is 0 Å². The minimum atomic E-state index is 0.783. The molecule has 1 aliphatic rings. The molecule has 0 saturated carbocycles. The van der Waals surface area contributed by atoms with Gasteiger partial charge in [0.1, 0.15) is 0 Å². The van der Waals surface area contributed by atoms with Gasteiger partial charge in [-0.15, -0.1) is 18.3 Å². The number of anilines is 1. The van der Waals surface area contributed by atoms with Gasteiger partial charge in [-0.3, -0.25) is 4.99 Å². The van der Waals surface area contributed by atoms with E-state index in [0.717, 1.165) is 12.3 Å². The summed E-state index contributed by atoms with van der Waals surface area (Å²) in [6.07, 6.45) is 3.67. The monoisotopic (exact) mass is 204 g/mol. The van der Waals surface area contributed by atoms with E-state index in [1.165, 1.54) is 16.1 Å². The van der Waals surface area contributed by atoms with Crippen molar-refractivity contribution in [3.63, 3.8) is 0 Å². The Labute approximate surface area is 88.1 Å². The van der Waals surface area contributed by atoms with Crippen molar-refractivity contribution in [1.29, 1.82) is 0 Å². The summed E-state index contributed by atoms with van der Waals surface area (Å²) >= 11 is 1.80. The van der Waals surface area contributed by atoms with Crippen LogP contribution in [-0.2, 0) is 6.54 Å². The molecule has 2 rings (SSSR count). The van der Waals surface area contributed by atoms with Crippen molar-refractivity contribution in [3.8, 4) is 0 Å². The molecule has 0 bridgehead atoms. The number of fused-ring (bicyclic) bond motifs is 1. The van der Waals surface area contributed by atoms with Gasteiger partial charge in [-0.1, -0.05) is 6.08 Å². The molecule has 1 heterocycles. The van der Waals surface area contributed by atoms with E-state index in [1.807, 2.05) is 6.08 Å². The Hall–Kier alpha value is -1.22. The standard InChI is InChI=1S/C11H12N2S/c1-2-5-14-10-3-4-11-9(6-10)7-12-8-13-11/h2-4,6,8H,1,5,7H2,(H,12,13). The van der Waals surface area contributed by atoms with Crippen LogP contribution in [0.4, 0.5) is 5.69 Å². The molecule has 1 aliphatic heterocycles. The molecule has 0 spiro atoms. The molecule has 0 atom stereocenters. The number of rotatable bonds is 3. The second-order valence-electron chi connectivity index (χ2n) is 3.03. The summed E-state index contributed by atoms with van der Waals surface area (Å²) in [7, 11) is 0. The molecular formula is C11H12N2S. The molecule has 0 amide bonds. The minimum Gasteiger partial charge on any atom is -0.346 e. The van der Waals surface area contributed by atoms with E-state index in [4.69, 9.17) is 0 Å². The maximum atomic E-state index is 4.17. The minimum absolute atomic E-state index is 0.783. The van der Waals surface area contributed by atoms with Crippen LogP contribution in [-0.4, -0.2) is 12.1 Å². The number of benzene rings is 1. The Morgan fingerprint density at radius 1 is 1.57 bits per heavy atom. The first-order chi connectivity index (χ1) is 6.90. The van der Waals surface area contributed by atoms with Gasteiger partial charge >= 0.3 is 0 Å². The van der Waals surface area contributed by atoms with E-state index in [9.17, 15) is 0 Å². The maximum Gasteiger partial charge on any atom is 0.0872 e. The van der Waals surface area contributed by atoms with E-state index < -0.39 is 0 Å². The fourth-order valence-electron chi connectivity index (χ4n) is 1.35. The molecule has 14 heavy (non-hydrogen) atoms. The zero-order valence-corrected chi connectivity index (χ0v) is 8.68. The molecule has 0 aromatic heterocycles. The predicted octanol–water partition coefficient (Wildman–Crippen LogP) is 2.92. The third kappa shape index (κ3) is 1.99. The van der Waals surface area contributed by atoms with Crippen molar-refractivity contribution in [2.45, 2.75) is 11.4 Å². The van der Waals surface area contributed by atoms with E-state index >= 15 is 0 Å². The number of hydrogen-bond donors (Lipinski definition) is 1. The first-order valence-electron chi connectivity index (χ1n) is 4.51. The van der Waals surface area contributed by atoms with Crippen LogP contribution in [0.25, 0.3) is 0 Å². The van der Waals surface area contributed by atoms with Crippen molar-refractivity contribution in [3.05, 3.63) is 36.4 Å². The van der Waals surface area contributed by atoms with Crippen molar-refractivity contribution >= 4 is 23.8 Å². The normalized spacial score (nSPS) is 13.1. The molecule has 1 N–H and O–H groups in total. The van der Waals surface area contributed by atoms with Crippen LogP contribution < -0.4 is 5.32 Å².